The molecule has 0 atom stereocenters. The van der Waals surface area contributed by atoms with Gasteiger partial charge in [0, 0.05) is 17.7 Å². The van der Waals surface area contributed by atoms with Crippen molar-refractivity contribution < 1.29 is 9.47 Å². The Morgan fingerprint density at radius 2 is 1.67 bits per heavy atom. The van der Waals surface area contributed by atoms with E-state index in [0.29, 0.717) is 13.2 Å². The molecule has 0 aliphatic carbocycles. The van der Waals surface area contributed by atoms with Gasteiger partial charge in [0.05, 0.1) is 7.11 Å². The van der Waals surface area contributed by atoms with Crippen LogP contribution in [0.3, 0.4) is 0 Å². The Hall–Kier alpha value is -2.78. The molecule has 0 bridgehead atoms. The third-order valence-corrected chi connectivity index (χ3v) is 3.91. The highest BCUT2D eigenvalue weighted by atomic mass is 16.5. The lowest BCUT2D eigenvalue weighted by Crippen LogP contribution is -2.01. The molecule has 0 spiro atoms. The molecule has 0 saturated heterocycles. The molecule has 122 valence electrons. The quantitative estimate of drug-likeness (QED) is 0.732. The Morgan fingerprint density at radius 1 is 0.875 bits per heavy atom. The first-order chi connectivity index (χ1) is 11.8. The van der Waals surface area contributed by atoms with E-state index < -0.39 is 0 Å². The molecule has 3 aromatic rings. The normalized spacial score (nSPS) is 10.4. The van der Waals surface area contributed by atoms with Gasteiger partial charge < -0.3 is 15.2 Å². The van der Waals surface area contributed by atoms with Crippen molar-refractivity contribution in [3.05, 3.63) is 83.9 Å². The number of hydrogen-bond acceptors (Lipinski definition) is 3. The van der Waals surface area contributed by atoms with Gasteiger partial charge >= 0.3 is 0 Å². The van der Waals surface area contributed by atoms with Crippen LogP contribution in [0, 0.1) is 0 Å². The van der Waals surface area contributed by atoms with Crippen LogP contribution in [-0.4, -0.2) is 7.11 Å². The maximum atomic E-state index is 5.83. The lowest BCUT2D eigenvalue weighted by Gasteiger charge is -2.14. The summed E-state index contributed by atoms with van der Waals surface area (Å²) in [5.41, 5.74) is 10.1. The first-order valence-corrected chi connectivity index (χ1v) is 7.95. The lowest BCUT2D eigenvalue weighted by molar-refractivity contribution is 0.306. The third kappa shape index (κ3) is 3.58. The molecule has 2 N–H and O–H groups in total. The molecule has 0 aromatic heterocycles. The van der Waals surface area contributed by atoms with E-state index in [4.69, 9.17) is 15.2 Å². The van der Waals surface area contributed by atoms with E-state index in [9.17, 15) is 0 Å². The van der Waals surface area contributed by atoms with Gasteiger partial charge in [-0.1, -0.05) is 54.6 Å². The Balaban J connectivity index is 1.86. The minimum Gasteiger partial charge on any atom is -0.496 e. The first kappa shape index (κ1) is 16.1. The summed E-state index contributed by atoms with van der Waals surface area (Å²) in [6.45, 7) is 0.977. The average Bonchev–Trinajstić information content (AvgIpc) is 2.66. The summed E-state index contributed by atoms with van der Waals surface area (Å²) in [4.78, 5) is 0. The molecule has 0 fully saturated rings. The lowest BCUT2D eigenvalue weighted by atomic mass is 9.99. The predicted octanol–water partition coefficient (Wildman–Crippen LogP) is 4.40. The first-order valence-electron chi connectivity index (χ1n) is 7.95. The maximum absolute atomic E-state index is 5.83. The molecular weight excluding hydrogens is 298 g/mol. The van der Waals surface area contributed by atoms with Gasteiger partial charge in [-0.25, -0.2) is 0 Å². The van der Waals surface area contributed by atoms with Gasteiger partial charge in [0.15, 0.2) is 0 Å². The Labute approximate surface area is 142 Å². The highest BCUT2D eigenvalue weighted by molar-refractivity contribution is 5.72. The van der Waals surface area contributed by atoms with Crippen LogP contribution in [0.25, 0.3) is 11.1 Å². The van der Waals surface area contributed by atoms with E-state index in [1.165, 1.54) is 0 Å². The Morgan fingerprint density at radius 3 is 2.42 bits per heavy atom. The summed E-state index contributed by atoms with van der Waals surface area (Å²) in [7, 11) is 1.68. The summed E-state index contributed by atoms with van der Waals surface area (Å²) < 4.78 is 11.4. The Kier molecular flexibility index (Phi) is 5.14. The van der Waals surface area contributed by atoms with Crippen LogP contribution < -0.4 is 15.2 Å². The molecule has 0 aliphatic heterocycles. The van der Waals surface area contributed by atoms with Crippen molar-refractivity contribution in [2.24, 2.45) is 5.73 Å². The van der Waals surface area contributed by atoms with Gasteiger partial charge in [-0.15, -0.1) is 0 Å². The molecule has 0 saturated carbocycles. The zero-order chi connectivity index (χ0) is 16.8. The fourth-order valence-corrected chi connectivity index (χ4v) is 2.73. The van der Waals surface area contributed by atoms with E-state index in [1.54, 1.807) is 7.11 Å². The van der Waals surface area contributed by atoms with E-state index in [0.717, 1.165) is 33.8 Å². The topological polar surface area (TPSA) is 44.5 Å². The average molecular weight is 319 g/mol. The predicted molar refractivity (Wildman–Crippen MR) is 97.1 cm³/mol. The molecule has 3 rings (SSSR count). The molecule has 24 heavy (non-hydrogen) atoms. The van der Waals surface area contributed by atoms with Gasteiger partial charge in [0.2, 0.25) is 0 Å². The van der Waals surface area contributed by atoms with Crippen LogP contribution in [0.15, 0.2) is 72.8 Å². The van der Waals surface area contributed by atoms with Gasteiger partial charge in [0.25, 0.3) is 0 Å². The maximum Gasteiger partial charge on any atom is 0.131 e. The number of benzene rings is 3. The highest BCUT2D eigenvalue weighted by Crippen LogP contribution is 2.33. The minimum absolute atomic E-state index is 0.452. The fraction of sp³-hybridized carbons (Fsp3) is 0.143. The SMILES string of the molecule is COc1c(CN)cccc1-c1cccc(COc2ccccc2)c1. The second kappa shape index (κ2) is 7.66. The van der Waals surface area contributed by atoms with Gasteiger partial charge in [-0.05, 0) is 29.3 Å². The zero-order valence-corrected chi connectivity index (χ0v) is 13.7. The number of methoxy groups -OCH3 is 1. The number of rotatable bonds is 6. The highest BCUT2D eigenvalue weighted by Gasteiger charge is 2.10. The molecule has 0 unspecified atom stereocenters. The number of ether oxygens (including phenoxy) is 2. The summed E-state index contributed by atoms with van der Waals surface area (Å²) >= 11 is 0. The molecule has 0 amide bonds. The van der Waals surface area contributed by atoms with Crippen LogP contribution in [0.2, 0.25) is 0 Å². The zero-order valence-electron chi connectivity index (χ0n) is 13.7. The van der Waals surface area contributed by atoms with Crippen molar-refractivity contribution in [3.8, 4) is 22.6 Å². The molecular formula is C21H21NO2. The van der Waals surface area contributed by atoms with Crippen LogP contribution >= 0.6 is 0 Å². The number of hydrogen-bond donors (Lipinski definition) is 1. The van der Waals surface area contributed by atoms with Gasteiger partial charge in [-0.2, -0.15) is 0 Å². The van der Waals surface area contributed by atoms with Crippen LogP contribution in [0.4, 0.5) is 0 Å². The van der Waals surface area contributed by atoms with E-state index in [1.807, 2.05) is 48.5 Å². The van der Waals surface area contributed by atoms with Crippen molar-refractivity contribution in [2.75, 3.05) is 7.11 Å². The summed E-state index contributed by atoms with van der Waals surface area (Å²) in [6, 6.07) is 24.2. The van der Waals surface area contributed by atoms with Gasteiger partial charge in [-0.3, -0.25) is 0 Å². The van der Waals surface area contributed by atoms with Crippen molar-refractivity contribution in [1.82, 2.24) is 0 Å². The number of nitrogens with two attached hydrogens (primary N) is 1. The van der Waals surface area contributed by atoms with Crippen LogP contribution in [0.5, 0.6) is 11.5 Å². The van der Waals surface area contributed by atoms with E-state index in [2.05, 4.69) is 24.3 Å². The molecule has 3 aromatic carbocycles. The third-order valence-electron chi connectivity index (χ3n) is 3.91. The Bertz CT molecular complexity index is 800. The van der Waals surface area contributed by atoms with Crippen LogP contribution in [-0.2, 0) is 13.2 Å². The standard InChI is InChI=1S/C21H21NO2/c1-23-21-18(14-22)9-6-12-20(21)17-8-5-7-16(13-17)15-24-19-10-3-2-4-11-19/h2-13H,14-15,22H2,1H3. The molecule has 3 heteroatoms. The van der Waals surface area contributed by atoms with Crippen molar-refractivity contribution in [3.63, 3.8) is 0 Å². The van der Waals surface area contributed by atoms with Crippen molar-refractivity contribution >= 4 is 0 Å². The van der Waals surface area contributed by atoms with Crippen LogP contribution in [0.1, 0.15) is 11.1 Å². The second-order valence-corrected chi connectivity index (χ2v) is 5.50. The van der Waals surface area contributed by atoms with E-state index >= 15 is 0 Å². The minimum atomic E-state index is 0.452. The second-order valence-electron chi connectivity index (χ2n) is 5.50. The monoisotopic (exact) mass is 319 g/mol. The summed E-state index contributed by atoms with van der Waals surface area (Å²) in [5.74, 6) is 1.70. The van der Waals surface area contributed by atoms with E-state index in [-0.39, 0.29) is 0 Å². The smallest absolute Gasteiger partial charge is 0.131 e. The summed E-state index contributed by atoms with van der Waals surface area (Å²) in [6.07, 6.45) is 0. The fourth-order valence-electron chi connectivity index (χ4n) is 2.73. The van der Waals surface area contributed by atoms with Gasteiger partial charge in [0.1, 0.15) is 18.1 Å². The van der Waals surface area contributed by atoms with Crippen molar-refractivity contribution in [1.29, 1.82) is 0 Å². The van der Waals surface area contributed by atoms with Crippen molar-refractivity contribution in [2.45, 2.75) is 13.2 Å². The molecule has 0 radical (unpaired) electrons. The molecule has 0 aliphatic rings. The largest absolute Gasteiger partial charge is 0.496 e. The summed E-state index contributed by atoms with van der Waals surface area (Å²) in [5, 5.41) is 0. The molecule has 0 heterocycles. The number of para-hydroxylation sites is 2. The molecule has 3 nitrogen and oxygen atoms in total.